The predicted molar refractivity (Wildman–Crippen MR) is 88.2 cm³/mol. The number of hydrogen-bond donors (Lipinski definition) is 0. The lowest BCUT2D eigenvalue weighted by atomic mass is 10.1. The maximum Gasteiger partial charge on any atom is 0.269 e. The molecule has 1 aromatic heterocycles. The van der Waals surface area contributed by atoms with Crippen LogP contribution in [-0.2, 0) is 13.2 Å². The maximum atomic E-state index is 12.1. The zero-order valence-electron chi connectivity index (χ0n) is 13.1. The first-order valence-corrected chi connectivity index (χ1v) is 7.46. The summed E-state index contributed by atoms with van der Waals surface area (Å²) in [6.45, 7) is 0.242. The molecule has 25 heavy (non-hydrogen) atoms. The van der Waals surface area contributed by atoms with Crippen LogP contribution in [0, 0.1) is 10.1 Å². The van der Waals surface area contributed by atoms with Gasteiger partial charge in [-0.25, -0.2) is 4.68 Å². The maximum absolute atomic E-state index is 12.1. The van der Waals surface area contributed by atoms with Gasteiger partial charge in [0.05, 0.1) is 11.1 Å². The minimum atomic E-state index is -0.473. The van der Waals surface area contributed by atoms with E-state index in [4.69, 9.17) is 4.74 Å². The highest BCUT2D eigenvalue weighted by Gasteiger charge is 2.09. The first-order chi connectivity index (χ1) is 12.1. The molecule has 0 N–H and O–H groups in total. The molecule has 0 saturated carbocycles. The monoisotopic (exact) mass is 338 g/mol. The van der Waals surface area contributed by atoms with E-state index in [0.29, 0.717) is 17.0 Å². The molecule has 0 amide bonds. The second kappa shape index (κ2) is 7.35. The fraction of sp³-hybridized carbons (Fsp3) is 0.118. The molecule has 0 aliphatic carbocycles. The molecule has 0 aliphatic rings. The molecule has 2 aromatic carbocycles. The van der Waals surface area contributed by atoms with Crippen molar-refractivity contribution in [2.45, 2.75) is 13.2 Å². The Balaban J connectivity index is 1.56. The third-order valence-corrected chi connectivity index (χ3v) is 3.42. The number of ketones is 1. The van der Waals surface area contributed by atoms with E-state index in [0.717, 1.165) is 0 Å². The van der Waals surface area contributed by atoms with E-state index in [-0.39, 0.29) is 24.6 Å². The molecular weight excluding hydrogens is 324 g/mol. The first-order valence-electron chi connectivity index (χ1n) is 7.46. The summed E-state index contributed by atoms with van der Waals surface area (Å²) >= 11 is 0. The van der Waals surface area contributed by atoms with Crippen molar-refractivity contribution >= 4 is 11.5 Å². The minimum Gasteiger partial charge on any atom is -0.487 e. The van der Waals surface area contributed by atoms with Crippen molar-refractivity contribution in [3.63, 3.8) is 0 Å². The number of nitro groups is 1. The van der Waals surface area contributed by atoms with Gasteiger partial charge in [0.25, 0.3) is 5.69 Å². The lowest BCUT2D eigenvalue weighted by molar-refractivity contribution is -0.384. The SMILES string of the molecule is O=C(Cn1cc(COc2ccc([N+](=O)[O-])cc2)nn1)c1ccccc1. The quantitative estimate of drug-likeness (QED) is 0.373. The first kappa shape index (κ1) is 16.3. The number of carbonyl (C=O) groups is 1. The largest absolute Gasteiger partial charge is 0.487 e. The van der Waals surface area contributed by atoms with Gasteiger partial charge in [-0.05, 0) is 12.1 Å². The predicted octanol–water partition coefficient (Wildman–Crippen LogP) is 2.65. The van der Waals surface area contributed by atoms with Gasteiger partial charge in [-0.1, -0.05) is 35.5 Å². The molecule has 0 atom stereocenters. The fourth-order valence-corrected chi connectivity index (χ4v) is 2.17. The van der Waals surface area contributed by atoms with Crippen LogP contribution in [0.25, 0.3) is 0 Å². The Hall–Kier alpha value is -3.55. The fourth-order valence-electron chi connectivity index (χ4n) is 2.17. The third kappa shape index (κ3) is 4.25. The number of benzene rings is 2. The topological polar surface area (TPSA) is 100 Å². The van der Waals surface area contributed by atoms with Gasteiger partial charge in [0.1, 0.15) is 24.6 Å². The van der Waals surface area contributed by atoms with Crippen LogP contribution in [0.3, 0.4) is 0 Å². The zero-order chi connectivity index (χ0) is 17.6. The van der Waals surface area contributed by atoms with Crippen LogP contribution < -0.4 is 4.74 Å². The number of hydrogen-bond acceptors (Lipinski definition) is 6. The van der Waals surface area contributed by atoms with Crippen molar-refractivity contribution in [1.29, 1.82) is 0 Å². The number of non-ortho nitro benzene ring substituents is 1. The summed E-state index contributed by atoms with van der Waals surface area (Å²) in [4.78, 5) is 22.2. The molecule has 3 rings (SSSR count). The average Bonchev–Trinajstić information content (AvgIpc) is 3.08. The molecule has 0 unspecified atom stereocenters. The standard InChI is InChI=1S/C17H14N4O4/c22-17(13-4-2-1-3-5-13)11-20-10-14(18-19-20)12-25-16-8-6-15(7-9-16)21(23)24/h1-10H,11-12H2. The molecule has 0 saturated heterocycles. The van der Waals surface area contributed by atoms with Crippen LogP contribution in [0.5, 0.6) is 5.75 Å². The number of nitrogens with zero attached hydrogens (tertiary/aromatic N) is 4. The Labute approximate surface area is 142 Å². The van der Waals surface area contributed by atoms with Gasteiger partial charge in [-0.2, -0.15) is 0 Å². The molecular formula is C17H14N4O4. The van der Waals surface area contributed by atoms with E-state index in [2.05, 4.69) is 10.3 Å². The lowest BCUT2D eigenvalue weighted by Gasteiger charge is -2.03. The Kier molecular flexibility index (Phi) is 4.79. The van der Waals surface area contributed by atoms with E-state index >= 15 is 0 Å². The minimum absolute atomic E-state index is 0.00211. The van der Waals surface area contributed by atoms with E-state index in [9.17, 15) is 14.9 Å². The Morgan fingerprint density at radius 1 is 1.12 bits per heavy atom. The van der Waals surface area contributed by atoms with Gasteiger partial charge < -0.3 is 4.74 Å². The molecule has 0 aliphatic heterocycles. The van der Waals surface area contributed by atoms with Crippen molar-refractivity contribution < 1.29 is 14.5 Å². The average molecular weight is 338 g/mol. The van der Waals surface area contributed by atoms with Crippen molar-refractivity contribution in [3.05, 3.63) is 82.2 Å². The van der Waals surface area contributed by atoms with Gasteiger partial charge in [0.15, 0.2) is 5.78 Å². The molecule has 0 radical (unpaired) electrons. The van der Waals surface area contributed by atoms with Crippen LogP contribution in [0.4, 0.5) is 5.69 Å². The van der Waals surface area contributed by atoms with Crippen molar-refractivity contribution in [2.75, 3.05) is 0 Å². The molecule has 126 valence electrons. The van der Waals surface area contributed by atoms with Crippen LogP contribution >= 0.6 is 0 Å². The molecule has 0 spiro atoms. The second-order valence-electron chi connectivity index (χ2n) is 5.24. The molecule has 8 nitrogen and oxygen atoms in total. The highest BCUT2D eigenvalue weighted by Crippen LogP contribution is 2.18. The number of Topliss-reactive ketones (excluding diaryl/α,β-unsaturated/α-hetero) is 1. The summed E-state index contributed by atoms with van der Waals surface area (Å²) in [5, 5.41) is 18.5. The van der Waals surface area contributed by atoms with Crippen molar-refractivity contribution in [3.8, 4) is 5.75 Å². The van der Waals surface area contributed by atoms with Gasteiger partial charge in [0, 0.05) is 17.7 Å². The summed E-state index contributed by atoms with van der Waals surface area (Å²) in [5.41, 5.74) is 1.17. The molecule has 1 heterocycles. The zero-order valence-corrected chi connectivity index (χ0v) is 13.1. The summed E-state index contributed by atoms with van der Waals surface area (Å²) in [7, 11) is 0. The lowest BCUT2D eigenvalue weighted by Crippen LogP contribution is -2.10. The normalized spacial score (nSPS) is 10.4. The van der Waals surface area contributed by atoms with Crippen LogP contribution in [0.1, 0.15) is 16.1 Å². The summed E-state index contributed by atoms with van der Waals surface area (Å²) in [5.74, 6) is 0.425. The molecule has 3 aromatic rings. The molecule has 0 fully saturated rings. The van der Waals surface area contributed by atoms with E-state index in [1.165, 1.54) is 28.9 Å². The van der Waals surface area contributed by atoms with Gasteiger partial charge in [-0.3, -0.25) is 14.9 Å². The van der Waals surface area contributed by atoms with Crippen LogP contribution in [0.2, 0.25) is 0 Å². The van der Waals surface area contributed by atoms with Crippen molar-refractivity contribution in [1.82, 2.24) is 15.0 Å². The number of aromatic nitrogens is 3. The Bertz CT molecular complexity index is 875. The number of carbonyl (C=O) groups excluding carboxylic acids is 1. The Morgan fingerprint density at radius 3 is 2.52 bits per heavy atom. The van der Waals surface area contributed by atoms with Crippen molar-refractivity contribution in [2.24, 2.45) is 0 Å². The van der Waals surface area contributed by atoms with Crippen LogP contribution in [0.15, 0.2) is 60.8 Å². The van der Waals surface area contributed by atoms with E-state index in [1.54, 1.807) is 30.5 Å². The van der Waals surface area contributed by atoms with Gasteiger partial charge >= 0.3 is 0 Å². The number of ether oxygens (including phenoxy) is 1. The highest BCUT2D eigenvalue weighted by atomic mass is 16.6. The van der Waals surface area contributed by atoms with E-state index < -0.39 is 4.92 Å². The van der Waals surface area contributed by atoms with E-state index in [1.807, 2.05) is 6.07 Å². The second-order valence-corrected chi connectivity index (χ2v) is 5.24. The number of nitro benzene ring substituents is 1. The molecule has 0 bridgehead atoms. The Morgan fingerprint density at radius 2 is 1.84 bits per heavy atom. The summed E-state index contributed by atoms with van der Waals surface area (Å²) in [6, 6.07) is 14.7. The third-order valence-electron chi connectivity index (χ3n) is 3.42. The smallest absolute Gasteiger partial charge is 0.269 e. The summed E-state index contributed by atoms with van der Waals surface area (Å²) in [6.07, 6.45) is 1.63. The van der Waals surface area contributed by atoms with Crippen LogP contribution in [-0.4, -0.2) is 25.7 Å². The summed E-state index contributed by atoms with van der Waals surface area (Å²) < 4.78 is 6.95. The van der Waals surface area contributed by atoms with Gasteiger partial charge in [0.2, 0.25) is 0 Å². The molecule has 8 heteroatoms. The number of rotatable bonds is 7. The highest BCUT2D eigenvalue weighted by molar-refractivity contribution is 5.95. The van der Waals surface area contributed by atoms with Gasteiger partial charge in [-0.15, -0.1) is 5.10 Å².